The number of ether oxygens (including phenoxy) is 4. The third kappa shape index (κ3) is 5.98. The van der Waals surface area contributed by atoms with Crippen LogP contribution in [0.3, 0.4) is 0 Å². The minimum atomic E-state index is -0.615. The summed E-state index contributed by atoms with van der Waals surface area (Å²) in [4.78, 5) is 13.6. The molecule has 190 valence electrons. The number of nitrogens with zero attached hydrogens (tertiary/aromatic N) is 1. The predicted molar refractivity (Wildman–Crippen MR) is 143 cm³/mol. The van der Waals surface area contributed by atoms with Gasteiger partial charge in [-0.05, 0) is 47.3 Å². The fourth-order valence-corrected chi connectivity index (χ4v) is 4.32. The smallest absolute Gasteiger partial charge is 0.241 e. The van der Waals surface area contributed by atoms with Gasteiger partial charge >= 0.3 is 0 Å². The second kappa shape index (κ2) is 12.6. The van der Waals surface area contributed by atoms with Crippen LogP contribution in [0.15, 0.2) is 36.5 Å². The molecule has 1 heterocycles. The zero-order chi connectivity index (χ0) is 24.8. The molecule has 3 rings (SSSR count). The van der Waals surface area contributed by atoms with Crippen LogP contribution in [-0.4, -0.2) is 44.8 Å². The highest BCUT2D eigenvalue weighted by atomic mass is 35.5. The number of hydrogen-bond donors (Lipinski definition) is 2. The fourth-order valence-electron chi connectivity index (χ4n) is 3.57. The van der Waals surface area contributed by atoms with Gasteiger partial charge in [0.25, 0.3) is 0 Å². The molecule has 0 aliphatic rings. The summed E-state index contributed by atoms with van der Waals surface area (Å²) in [6.07, 6.45) is 2.60. The number of nitrogens with one attached hydrogen (secondary N) is 1. The highest BCUT2D eigenvalue weighted by Gasteiger charge is 2.22. The summed E-state index contributed by atoms with van der Waals surface area (Å²) < 4.78 is 26.3. The van der Waals surface area contributed by atoms with E-state index < -0.39 is 6.04 Å². The van der Waals surface area contributed by atoms with Gasteiger partial charge in [-0.3, -0.25) is 4.79 Å². The minimum Gasteiger partial charge on any atom is -0.495 e. The van der Waals surface area contributed by atoms with Gasteiger partial charge in [-0.25, -0.2) is 0 Å². The van der Waals surface area contributed by atoms with E-state index in [0.29, 0.717) is 28.7 Å². The number of methoxy groups -OCH3 is 4. The molecule has 8 nitrogen and oxygen atoms in total. The molecule has 0 saturated heterocycles. The number of anilines is 1. The first kappa shape index (κ1) is 28.2. The van der Waals surface area contributed by atoms with Crippen molar-refractivity contribution in [2.75, 3.05) is 33.8 Å². The Labute approximate surface area is 216 Å². The van der Waals surface area contributed by atoms with Crippen molar-refractivity contribution >= 4 is 35.5 Å². The molecule has 3 aromatic rings. The van der Waals surface area contributed by atoms with Crippen LogP contribution in [0.2, 0.25) is 0 Å². The molecule has 0 spiro atoms. The Kier molecular flexibility index (Phi) is 10.2. The van der Waals surface area contributed by atoms with E-state index in [1.807, 2.05) is 44.2 Å². The maximum Gasteiger partial charge on any atom is 0.241 e. The van der Waals surface area contributed by atoms with Crippen molar-refractivity contribution in [1.29, 1.82) is 0 Å². The first-order valence-corrected chi connectivity index (χ1v) is 11.7. The van der Waals surface area contributed by atoms with Gasteiger partial charge in [0.2, 0.25) is 11.7 Å². The molecule has 1 aromatic heterocycles. The Bertz CT molecular complexity index is 1130. The summed E-state index contributed by atoms with van der Waals surface area (Å²) in [5.74, 6) is 1.98. The molecule has 0 aliphatic carbocycles. The third-order valence-electron chi connectivity index (χ3n) is 5.83. The van der Waals surface area contributed by atoms with E-state index in [4.69, 9.17) is 24.7 Å². The van der Waals surface area contributed by atoms with Gasteiger partial charge < -0.3 is 30.0 Å². The second-order valence-corrected chi connectivity index (χ2v) is 8.60. The average Bonchev–Trinajstić information content (AvgIpc) is 3.36. The average molecular weight is 522 g/mol. The van der Waals surface area contributed by atoms with E-state index in [1.54, 1.807) is 34.6 Å². The SMILES string of the molecule is CCC(C)C(N)C(=O)Nc1cc(-c2cnsc2-c2cc(OC)c(OC)c(OC)c2)ccc1OC.Cl. The van der Waals surface area contributed by atoms with Crippen LogP contribution in [0.5, 0.6) is 23.0 Å². The zero-order valence-corrected chi connectivity index (χ0v) is 22.3. The Hall–Kier alpha value is -3.01. The van der Waals surface area contributed by atoms with Gasteiger partial charge in [-0.2, -0.15) is 4.37 Å². The fraction of sp³-hybridized carbons (Fsp3) is 0.360. The standard InChI is InChI=1S/C25H31N3O5S.ClH/c1-7-14(2)22(26)25(29)28-18-10-15(8-9-19(18)30-3)17-13-27-34-24(17)16-11-20(31-4)23(33-6)21(12-16)32-5;/h8-14,22H,7,26H2,1-6H3,(H,28,29);1H. The van der Waals surface area contributed by atoms with E-state index >= 15 is 0 Å². The van der Waals surface area contributed by atoms with Crippen molar-refractivity contribution in [2.24, 2.45) is 11.7 Å². The lowest BCUT2D eigenvalue weighted by Gasteiger charge is -2.19. The van der Waals surface area contributed by atoms with Crippen LogP contribution in [0.1, 0.15) is 20.3 Å². The lowest BCUT2D eigenvalue weighted by Crippen LogP contribution is -2.40. The maximum absolute atomic E-state index is 12.7. The van der Waals surface area contributed by atoms with Crippen molar-refractivity contribution < 1.29 is 23.7 Å². The van der Waals surface area contributed by atoms with Gasteiger partial charge in [0, 0.05) is 17.3 Å². The predicted octanol–water partition coefficient (Wildman–Crippen LogP) is 5.25. The van der Waals surface area contributed by atoms with Crippen LogP contribution < -0.4 is 30.0 Å². The molecule has 0 saturated carbocycles. The number of aromatic nitrogens is 1. The topological polar surface area (TPSA) is 105 Å². The molecule has 2 unspecified atom stereocenters. The first-order valence-electron chi connectivity index (χ1n) is 10.9. The van der Waals surface area contributed by atoms with Crippen molar-refractivity contribution in [3.05, 3.63) is 36.5 Å². The lowest BCUT2D eigenvalue weighted by molar-refractivity contribution is -0.118. The van der Waals surface area contributed by atoms with Crippen molar-refractivity contribution in [1.82, 2.24) is 4.37 Å². The molecule has 2 atom stereocenters. The van der Waals surface area contributed by atoms with Gasteiger partial charge in [0.1, 0.15) is 5.75 Å². The Morgan fingerprint density at radius 1 is 1.00 bits per heavy atom. The Morgan fingerprint density at radius 3 is 2.17 bits per heavy atom. The molecule has 10 heteroatoms. The number of halogens is 1. The molecular weight excluding hydrogens is 490 g/mol. The summed E-state index contributed by atoms with van der Waals surface area (Å²) in [5.41, 5.74) is 9.30. The number of hydrogen-bond acceptors (Lipinski definition) is 8. The number of carbonyl (C=O) groups is 1. The van der Waals surface area contributed by atoms with E-state index in [9.17, 15) is 4.79 Å². The second-order valence-electron chi connectivity index (χ2n) is 7.80. The van der Waals surface area contributed by atoms with E-state index in [2.05, 4.69) is 9.69 Å². The Balaban J connectivity index is 0.00000432. The van der Waals surface area contributed by atoms with E-state index in [1.165, 1.54) is 11.5 Å². The van der Waals surface area contributed by atoms with Crippen molar-refractivity contribution in [3.8, 4) is 44.6 Å². The molecule has 0 bridgehead atoms. The van der Waals surface area contributed by atoms with Gasteiger partial charge in [-0.1, -0.05) is 26.3 Å². The number of nitrogens with two attached hydrogens (primary N) is 1. The van der Waals surface area contributed by atoms with Crippen LogP contribution in [0, 0.1) is 5.92 Å². The van der Waals surface area contributed by atoms with Gasteiger partial charge in [-0.15, -0.1) is 12.4 Å². The number of carbonyl (C=O) groups excluding carboxylic acids is 1. The summed E-state index contributed by atoms with van der Waals surface area (Å²) in [5, 5.41) is 2.93. The van der Waals surface area contributed by atoms with E-state index in [0.717, 1.165) is 28.0 Å². The summed E-state index contributed by atoms with van der Waals surface area (Å²) in [6.45, 7) is 3.96. The quantitative estimate of drug-likeness (QED) is 0.375. The van der Waals surface area contributed by atoms with Crippen LogP contribution in [-0.2, 0) is 4.79 Å². The maximum atomic E-state index is 12.7. The summed E-state index contributed by atoms with van der Waals surface area (Å²) in [7, 11) is 6.29. The van der Waals surface area contributed by atoms with E-state index in [-0.39, 0.29) is 24.2 Å². The van der Waals surface area contributed by atoms with Gasteiger partial charge in [0.15, 0.2) is 11.5 Å². The highest BCUT2D eigenvalue weighted by molar-refractivity contribution is 7.10. The molecular formula is C25H32ClN3O5S. The Morgan fingerprint density at radius 2 is 1.63 bits per heavy atom. The van der Waals surface area contributed by atoms with Crippen molar-refractivity contribution in [2.45, 2.75) is 26.3 Å². The molecule has 2 aromatic carbocycles. The molecule has 0 radical (unpaired) electrons. The highest BCUT2D eigenvalue weighted by Crippen LogP contribution is 2.45. The summed E-state index contributed by atoms with van der Waals surface area (Å²) in [6, 6.07) is 8.76. The third-order valence-corrected chi connectivity index (χ3v) is 6.67. The largest absolute Gasteiger partial charge is 0.495 e. The van der Waals surface area contributed by atoms with Crippen molar-refractivity contribution in [3.63, 3.8) is 0 Å². The summed E-state index contributed by atoms with van der Waals surface area (Å²) >= 11 is 1.35. The first-order chi connectivity index (χ1) is 16.4. The number of amides is 1. The molecule has 35 heavy (non-hydrogen) atoms. The van der Waals surface area contributed by atoms with Crippen LogP contribution in [0.4, 0.5) is 5.69 Å². The monoisotopic (exact) mass is 521 g/mol. The normalized spacial score (nSPS) is 12.2. The minimum absolute atomic E-state index is 0. The molecule has 0 aliphatic heterocycles. The number of benzene rings is 2. The molecule has 1 amide bonds. The molecule has 3 N–H and O–H groups in total. The lowest BCUT2D eigenvalue weighted by atomic mass is 9.99. The van der Waals surface area contributed by atoms with Gasteiger partial charge in [0.05, 0.1) is 45.0 Å². The molecule has 0 fully saturated rings. The zero-order valence-electron chi connectivity index (χ0n) is 20.7. The van der Waals surface area contributed by atoms with Crippen LogP contribution >= 0.6 is 23.9 Å². The van der Waals surface area contributed by atoms with Crippen LogP contribution in [0.25, 0.3) is 21.6 Å². The number of rotatable bonds is 10.